The Kier molecular flexibility index (Phi) is 1.84. The van der Waals surface area contributed by atoms with E-state index in [4.69, 9.17) is 0 Å². The number of hydrogen-bond acceptors (Lipinski definition) is 2. The number of aromatic amines is 1. The normalized spacial score (nSPS) is 12.4. The summed E-state index contributed by atoms with van der Waals surface area (Å²) < 4.78 is 0. The molecule has 0 saturated heterocycles. The molecule has 3 rings (SSSR count). The fraction of sp³-hybridized carbons (Fsp3) is 0.308. The molecule has 0 fully saturated rings. The second kappa shape index (κ2) is 3.11. The topological polar surface area (TPSA) is 40.7 Å². The van der Waals surface area contributed by atoms with Crippen LogP contribution in [0.15, 0.2) is 12.1 Å². The van der Waals surface area contributed by atoms with Gasteiger partial charge in [0.15, 0.2) is 5.82 Å². The van der Waals surface area contributed by atoms with Crippen molar-refractivity contribution < 1.29 is 0 Å². The van der Waals surface area contributed by atoms with Crippen molar-refractivity contribution in [2.24, 2.45) is 0 Å². The minimum atomic E-state index is 0.974. The number of anilines is 1. The zero-order valence-corrected chi connectivity index (χ0v) is 9.81. The van der Waals surface area contributed by atoms with E-state index in [2.05, 4.69) is 41.5 Å². The van der Waals surface area contributed by atoms with Crippen LogP contribution in [0, 0.1) is 13.8 Å². The van der Waals surface area contributed by atoms with Crippen molar-refractivity contribution in [1.82, 2.24) is 10.2 Å². The Morgan fingerprint density at radius 3 is 2.75 bits per heavy atom. The van der Waals surface area contributed by atoms with Crippen LogP contribution in [0.5, 0.6) is 0 Å². The molecule has 1 aromatic carbocycles. The highest BCUT2D eigenvalue weighted by Crippen LogP contribution is 2.39. The molecule has 0 aliphatic heterocycles. The Hall–Kier alpha value is -1.77. The van der Waals surface area contributed by atoms with Gasteiger partial charge in [-0.05, 0) is 36.6 Å². The van der Waals surface area contributed by atoms with Crippen LogP contribution in [0.2, 0.25) is 0 Å². The first-order valence-electron chi connectivity index (χ1n) is 5.56. The van der Waals surface area contributed by atoms with Crippen LogP contribution in [0.25, 0.3) is 11.3 Å². The van der Waals surface area contributed by atoms with Gasteiger partial charge in [0.05, 0.1) is 5.69 Å². The van der Waals surface area contributed by atoms with E-state index in [1.54, 1.807) is 0 Å². The predicted octanol–water partition coefficient (Wildman–Crippen LogP) is 2.64. The number of fused-ring (bicyclic) bond motifs is 3. The van der Waals surface area contributed by atoms with Crippen molar-refractivity contribution in [3.63, 3.8) is 0 Å². The van der Waals surface area contributed by atoms with Crippen LogP contribution in [0.1, 0.15) is 22.3 Å². The highest BCUT2D eigenvalue weighted by molar-refractivity contribution is 5.78. The molecule has 3 nitrogen and oxygen atoms in total. The van der Waals surface area contributed by atoms with Crippen LogP contribution >= 0.6 is 0 Å². The molecule has 2 N–H and O–H groups in total. The predicted molar refractivity (Wildman–Crippen MR) is 65.9 cm³/mol. The van der Waals surface area contributed by atoms with Crippen molar-refractivity contribution in [2.45, 2.75) is 20.3 Å². The quantitative estimate of drug-likeness (QED) is 0.652. The van der Waals surface area contributed by atoms with E-state index in [9.17, 15) is 0 Å². The number of aryl methyl sites for hydroxylation is 2. The van der Waals surface area contributed by atoms with E-state index in [0.717, 1.165) is 12.2 Å². The summed E-state index contributed by atoms with van der Waals surface area (Å²) in [6, 6.07) is 4.55. The first-order valence-corrected chi connectivity index (χ1v) is 5.56. The SMILES string of the molecule is CNc1n[nH]c2c1Cc1cc(C)c(C)cc1-2. The van der Waals surface area contributed by atoms with Crippen molar-refractivity contribution in [2.75, 3.05) is 12.4 Å². The molecule has 0 bridgehead atoms. The molecule has 1 heterocycles. The maximum absolute atomic E-state index is 4.27. The maximum atomic E-state index is 4.27. The summed E-state index contributed by atoms with van der Waals surface area (Å²) in [6.07, 6.45) is 0.985. The van der Waals surface area contributed by atoms with Crippen LogP contribution in [0.3, 0.4) is 0 Å². The molecule has 16 heavy (non-hydrogen) atoms. The zero-order valence-electron chi connectivity index (χ0n) is 9.81. The van der Waals surface area contributed by atoms with Crippen LogP contribution < -0.4 is 5.32 Å². The van der Waals surface area contributed by atoms with Gasteiger partial charge in [-0.2, -0.15) is 5.10 Å². The third-order valence-electron chi connectivity index (χ3n) is 3.46. The van der Waals surface area contributed by atoms with E-state index in [1.165, 1.54) is 33.5 Å². The fourth-order valence-electron chi connectivity index (χ4n) is 2.41. The lowest BCUT2D eigenvalue weighted by Crippen LogP contribution is -1.93. The summed E-state index contributed by atoms with van der Waals surface area (Å²) in [5.74, 6) is 0.974. The smallest absolute Gasteiger partial charge is 0.151 e. The minimum Gasteiger partial charge on any atom is -0.371 e. The summed E-state index contributed by atoms with van der Waals surface area (Å²) in [5.41, 5.74) is 7.90. The monoisotopic (exact) mass is 213 g/mol. The van der Waals surface area contributed by atoms with Gasteiger partial charge in [0.25, 0.3) is 0 Å². The second-order valence-electron chi connectivity index (χ2n) is 4.45. The van der Waals surface area contributed by atoms with Crippen LogP contribution in [0.4, 0.5) is 5.82 Å². The van der Waals surface area contributed by atoms with Gasteiger partial charge in [-0.1, -0.05) is 6.07 Å². The van der Waals surface area contributed by atoms with Gasteiger partial charge < -0.3 is 5.32 Å². The molecule has 0 atom stereocenters. The number of hydrogen-bond donors (Lipinski definition) is 2. The van der Waals surface area contributed by atoms with Crippen molar-refractivity contribution in [3.05, 3.63) is 34.4 Å². The Morgan fingerprint density at radius 2 is 2.00 bits per heavy atom. The third-order valence-corrected chi connectivity index (χ3v) is 3.46. The Bertz CT molecular complexity index is 567. The van der Waals surface area contributed by atoms with E-state index in [0.29, 0.717) is 0 Å². The third kappa shape index (κ3) is 1.11. The first-order chi connectivity index (χ1) is 7.70. The summed E-state index contributed by atoms with van der Waals surface area (Å²) in [5, 5.41) is 10.5. The van der Waals surface area contributed by atoms with Gasteiger partial charge in [-0.15, -0.1) is 0 Å². The first kappa shape index (κ1) is 9.46. The zero-order chi connectivity index (χ0) is 11.3. The van der Waals surface area contributed by atoms with E-state index in [1.807, 2.05) is 7.05 Å². The fourth-order valence-corrected chi connectivity index (χ4v) is 2.41. The molecule has 0 saturated carbocycles. The molecule has 82 valence electrons. The molecular weight excluding hydrogens is 198 g/mol. The molecule has 1 aromatic heterocycles. The van der Waals surface area contributed by atoms with Gasteiger partial charge >= 0.3 is 0 Å². The van der Waals surface area contributed by atoms with Crippen molar-refractivity contribution >= 4 is 5.82 Å². The Morgan fingerprint density at radius 1 is 1.25 bits per heavy atom. The highest BCUT2D eigenvalue weighted by atomic mass is 15.2. The second-order valence-corrected chi connectivity index (χ2v) is 4.45. The molecule has 3 heteroatoms. The summed E-state index contributed by atoms with van der Waals surface area (Å²) in [6.45, 7) is 4.32. The Balaban J connectivity index is 2.22. The van der Waals surface area contributed by atoms with Crippen molar-refractivity contribution in [1.29, 1.82) is 0 Å². The molecule has 1 aliphatic rings. The molecule has 0 radical (unpaired) electrons. The molecule has 0 spiro atoms. The summed E-state index contributed by atoms with van der Waals surface area (Å²) >= 11 is 0. The standard InChI is InChI=1S/C13H15N3/c1-7-4-9-6-11-12(10(9)5-8(7)2)15-16-13(11)14-3/h4-5H,6H2,1-3H3,(H2,14,15,16). The average molecular weight is 213 g/mol. The lowest BCUT2D eigenvalue weighted by atomic mass is 10.0. The number of H-pyrrole nitrogens is 1. The highest BCUT2D eigenvalue weighted by Gasteiger charge is 2.24. The summed E-state index contributed by atoms with van der Waals surface area (Å²) in [7, 11) is 1.91. The average Bonchev–Trinajstić information content (AvgIpc) is 2.78. The van der Waals surface area contributed by atoms with Crippen LogP contribution in [-0.2, 0) is 6.42 Å². The van der Waals surface area contributed by atoms with Gasteiger partial charge in [0.1, 0.15) is 0 Å². The molecule has 2 aromatic rings. The molecule has 0 amide bonds. The molecular formula is C13H15N3. The number of rotatable bonds is 1. The Labute approximate surface area is 94.9 Å². The van der Waals surface area contributed by atoms with E-state index >= 15 is 0 Å². The number of nitrogens with zero attached hydrogens (tertiary/aromatic N) is 1. The van der Waals surface area contributed by atoms with Gasteiger partial charge in [-0.3, -0.25) is 5.10 Å². The van der Waals surface area contributed by atoms with E-state index in [-0.39, 0.29) is 0 Å². The summed E-state index contributed by atoms with van der Waals surface area (Å²) in [4.78, 5) is 0. The van der Waals surface area contributed by atoms with E-state index < -0.39 is 0 Å². The number of aromatic nitrogens is 2. The maximum Gasteiger partial charge on any atom is 0.151 e. The lowest BCUT2D eigenvalue weighted by Gasteiger charge is -2.05. The molecule has 1 aliphatic carbocycles. The van der Waals surface area contributed by atoms with Gasteiger partial charge in [0.2, 0.25) is 0 Å². The molecule has 0 unspecified atom stereocenters. The number of benzene rings is 1. The van der Waals surface area contributed by atoms with Gasteiger partial charge in [0, 0.05) is 24.6 Å². The van der Waals surface area contributed by atoms with Crippen molar-refractivity contribution in [3.8, 4) is 11.3 Å². The number of nitrogens with one attached hydrogen (secondary N) is 2. The van der Waals surface area contributed by atoms with Crippen LogP contribution in [-0.4, -0.2) is 17.2 Å². The minimum absolute atomic E-state index is 0.974. The van der Waals surface area contributed by atoms with Gasteiger partial charge in [-0.25, -0.2) is 0 Å². The lowest BCUT2D eigenvalue weighted by molar-refractivity contribution is 1.08. The largest absolute Gasteiger partial charge is 0.371 e.